The zero-order chi connectivity index (χ0) is 24.6. The molecule has 1 aromatic rings. The van der Waals surface area contributed by atoms with Crippen molar-refractivity contribution in [3.05, 3.63) is 34.9 Å². The van der Waals surface area contributed by atoms with Gasteiger partial charge in [-0.05, 0) is 81.8 Å². The molecule has 0 saturated carbocycles. The standard InChI is InChI=1S/C31H52O2/c1-9-13-27-28-19-21-31(8,33-30(28)26(7)25(6)29(27)32)20-12-18-24(5)17-11-16-23(4)15-10-14-22(2)3/h9,22-24,32H,1,10-21H2,2-8H3/t23-,24-,31-/m1/s1. The Bertz CT molecular complexity index is 763. The Hall–Kier alpha value is -1.44. The second kappa shape index (κ2) is 12.9. The van der Waals surface area contributed by atoms with Crippen LogP contribution in [0.4, 0.5) is 0 Å². The molecule has 0 aromatic heterocycles. The average Bonchev–Trinajstić information content (AvgIpc) is 2.75. The summed E-state index contributed by atoms with van der Waals surface area (Å²) >= 11 is 0. The zero-order valence-electron chi connectivity index (χ0n) is 22.9. The fourth-order valence-corrected chi connectivity index (χ4v) is 5.51. The van der Waals surface area contributed by atoms with Gasteiger partial charge in [0.2, 0.25) is 0 Å². The summed E-state index contributed by atoms with van der Waals surface area (Å²) in [6.45, 7) is 19.8. The molecule has 0 bridgehead atoms. The molecule has 188 valence electrons. The number of hydrogen-bond donors (Lipinski definition) is 1. The smallest absolute Gasteiger partial charge is 0.127 e. The van der Waals surface area contributed by atoms with E-state index in [0.29, 0.717) is 12.2 Å². The molecule has 0 spiro atoms. The lowest BCUT2D eigenvalue weighted by molar-refractivity contribution is 0.0511. The van der Waals surface area contributed by atoms with E-state index in [1.54, 1.807) is 0 Å². The van der Waals surface area contributed by atoms with Gasteiger partial charge < -0.3 is 9.84 Å². The molecular weight excluding hydrogens is 404 g/mol. The van der Waals surface area contributed by atoms with Gasteiger partial charge in [0, 0.05) is 11.1 Å². The van der Waals surface area contributed by atoms with Gasteiger partial charge in [-0.15, -0.1) is 6.58 Å². The molecule has 0 radical (unpaired) electrons. The van der Waals surface area contributed by atoms with Gasteiger partial charge in [-0.25, -0.2) is 0 Å². The number of allylic oxidation sites excluding steroid dienone is 1. The van der Waals surface area contributed by atoms with Gasteiger partial charge in [-0.2, -0.15) is 0 Å². The molecular formula is C31H52O2. The molecule has 1 aromatic carbocycles. The summed E-state index contributed by atoms with van der Waals surface area (Å²) in [5, 5.41) is 10.7. The molecule has 1 aliphatic rings. The van der Waals surface area contributed by atoms with Crippen LogP contribution in [0.3, 0.4) is 0 Å². The van der Waals surface area contributed by atoms with Crippen molar-refractivity contribution in [3.63, 3.8) is 0 Å². The maximum absolute atomic E-state index is 10.7. The van der Waals surface area contributed by atoms with E-state index >= 15 is 0 Å². The molecule has 0 amide bonds. The first-order chi connectivity index (χ1) is 15.6. The molecule has 1 N–H and O–H groups in total. The molecule has 0 unspecified atom stereocenters. The summed E-state index contributed by atoms with van der Waals surface area (Å²) in [7, 11) is 0. The number of benzene rings is 1. The van der Waals surface area contributed by atoms with Gasteiger partial charge >= 0.3 is 0 Å². The summed E-state index contributed by atoms with van der Waals surface area (Å²) < 4.78 is 6.68. The summed E-state index contributed by atoms with van der Waals surface area (Å²) in [6.07, 6.45) is 16.5. The SMILES string of the molecule is C=CCc1c(O)c(C)c(C)c2c1CC[C@@](C)(CCC[C@H](C)CCC[C@H](C)CCCC(C)C)O2. The van der Waals surface area contributed by atoms with Crippen LogP contribution in [0.2, 0.25) is 0 Å². The summed E-state index contributed by atoms with van der Waals surface area (Å²) in [5.41, 5.74) is 4.15. The largest absolute Gasteiger partial charge is 0.507 e. The Morgan fingerprint density at radius 3 is 2.09 bits per heavy atom. The minimum absolute atomic E-state index is 0.0999. The van der Waals surface area contributed by atoms with Crippen molar-refractivity contribution in [1.29, 1.82) is 0 Å². The first kappa shape index (κ1) is 27.8. The topological polar surface area (TPSA) is 29.5 Å². The molecule has 2 rings (SSSR count). The van der Waals surface area contributed by atoms with E-state index < -0.39 is 0 Å². The van der Waals surface area contributed by atoms with Crippen LogP contribution < -0.4 is 4.74 Å². The van der Waals surface area contributed by atoms with Gasteiger partial charge in [-0.1, -0.05) is 78.7 Å². The van der Waals surface area contributed by atoms with Gasteiger partial charge in [0.05, 0.1) is 0 Å². The van der Waals surface area contributed by atoms with Crippen LogP contribution in [0.15, 0.2) is 12.7 Å². The normalized spacial score (nSPS) is 19.8. The van der Waals surface area contributed by atoms with Crippen molar-refractivity contribution in [2.75, 3.05) is 0 Å². The Kier molecular flexibility index (Phi) is 10.8. The third-order valence-corrected chi connectivity index (χ3v) is 8.06. The van der Waals surface area contributed by atoms with Crippen molar-refractivity contribution in [1.82, 2.24) is 0 Å². The fraction of sp³-hybridized carbons (Fsp3) is 0.742. The lowest BCUT2D eigenvalue weighted by Gasteiger charge is -2.38. The number of aromatic hydroxyl groups is 1. The van der Waals surface area contributed by atoms with E-state index in [1.165, 1.54) is 56.9 Å². The minimum atomic E-state index is -0.0999. The number of ether oxygens (including phenoxy) is 1. The summed E-state index contributed by atoms with van der Waals surface area (Å²) in [4.78, 5) is 0. The lowest BCUT2D eigenvalue weighted by atomic mass is 9.83. The molecule has 2 heteroatoms. The van der Waals surface area contributed by atoms with Gasteiger partial charge in [0.25, 0.3) is 0 Å². The van der Waals surface area contributed by atoms with Crippen molar-refractivity contribution in [2.24, 2.45) is 17.8 Å². The molecule has 2 nitrogen and oxygen atoms in total. The highest BCUT2D eigenvalue weighted by molar-refractivity contribution is 5.59. The predicted octanol–water partition coefficient (Wildman–Crippen LogP) is 9.26. The molecule has 0 saturated heterocycles. The number of phenols is 1. The number of fused-ring (bicyclic) bond motifs is 1. The minimum Gasteiger partial charge on any atom is -0.507 e. The number of hydrogen-bond acceptors (Lipinski definition) is 2. The van der Waals surface area contributed by atoms with Crippen LogP contribution >= 0.6 is 0 Å². The average molecular weight is 457 g/mol. The number of rotatable bonds is 14. The monoisotopic (exact) mass is 456 g/mol. The van der Waals surface area contributed by atoms with Crippen LogP contribution in [0.25, 0.3) is 0 Å². The highest BCUT2D eigenvalue weighted by atomic mass is 16.5. The van der Waals surface area contributed by atoms with E-state index in [9.17, 15) is 5.11 Å². The lowest BCUT2D eigenvalue weighted by Crippen LogP contribution is -2.37. The zero-order valence-corrected chi connectivity index (χ0v) is 22.9. The van der Waals surface area contributed by atoms with Gasteiger partial charge in [0.15, 0.2) is 0 Å². The predicted molar refractivity (Wildman–Crippen MR) is 144 cm³/mol. The third kappa shape index (κ3) is 8.08. The highest BCUT2D eigenvalue weighted by Gasteiger charge is 2.34. The maximum atomic E-state index is 10.7. The van der Waals surface area contributed by atoms with Crippen LogP contribution in [0, 0.1) is 31.6 Å². The van der Waals surface area contributed by atoms with Crippen LogP contribution in [-0.4, -0.2) is 10.7 Å². The third-order valence-electron chi connectivity index (χ3n) is 8.06. The first-order valence-corrected chi connectivity index (χ1v) is 13.7. The van der Waals surface area contributed by atoms with E-state index in [0.717, 1.165) is 59.5 Å². The maximum Gasteiger partial charge on any atom is 0.127 e. The first-order valence-electron chi connectivity index (χ1n) is 13.7. The molecule has 0 aliphatic carbocycles. The Balaban J connectivity index is 1.81. The van der Waals surface area contributed by atoms with Crippen molar-refractivity contribution in [2.45, 2.75) is 131 Å². The Morgan fingerprint density at radius 1 is 0.939 bits per heavy atom. The van der Waals surface area contributed by atoms with E-state index in [-0.39, 0.29) is 5.60 Å². The Labute approximate surface area is 205 Å². The Morgan fingerprint density at radius 2 is 1.52 bits per heavy atom. The van der Waals surface area contributed by atoms with Crippen LogP contribution in [-0.2, 0) is 12.8 Å². The van der Waals surface area contributed by atoms with E-state index in [2.05, 4.69) is 48.1 Å². The quantitative estimate of drug-likeness (QED) is 0.283. The molecule has 3 atom stereocenters. The second-order valence-corrected chi connectivity index (χ2v) is 11.8. The van der Waals surface area contributed by atoms with Gasteiger partial charge in [0.1, 0.15) is 17.1 Å². The van der Waals surface area contributed by atoms with Crippen molar-refractivity contribution in [3.8, 4) is 11.5 Å². The highest BCUT2D eigenvalue weighted by Crippen LogP contribution is 2.45. The van der Waals surface area contributed by atoms with Crippen LogP contribution in [0.1, 0.15) is 121 Å². The van der Waals surface area contributed by atoms with E-state index in [4.69, 9.17) is 4.74 Å². The van der Waals surface area contributed by atoms with Crippen molar-refractivity contribution < 1.29 is 9.84 Å². The summed E-state index contributed by atoms with van der Waals surface area (Å²) in [6, 6.07) is 0. The van der Waals surface area contributed by atoms with Gasteiger partial charge in [-0.3, -0.25) is 0 Å². The molecule has 33 heavy (non-hydrogen) atoms. The second-order valence-electron chi connectivity index (χ2n) is 11.8. The molecule has 1 aliphatic heterocycles. The molecule has 0 fully saturated rings. The van der Waals surface area contributed by atoms with Crippen LogP contribution in [0.5, 0.6) is 11.5 Å². The number of phenolic OH excluding ortho intramolecular Hbond substituents is 1. The molecule has 1 heterocycles. The summed E-state index contributed by atoms with van der Waals surface area (Å²) in [5.74, 6) is 3.97. The van der Waals surface area contributed by atoms with E-state index in [1.807, 2.05) is 13.0 Å². The van der Waals surface area contributed by atoms with Crippen molar-refractivity contribution >= 4 is 0 Å². The fourth-order valence-electron chi connectivity index (χ4n) is 5.51.